The Labute approximate surface area is 119 Å². The molecule has 0 amide bonds. The Hall–Kier alpha value is -2.35. The maximum Gasteiger partial charge on any atom is 0.332 e. The normalized spacial score (nSPS) is 12.2. The van der Waals surface area contributed by atoms with Gasteiger partial charge in [-0.15, -0.1) is 0 Å². The molecule has 0 aromatic heterocycles. The Morgan fingerprint density at radius 3 is 1.95 bits per heavy atom. The van der Waals surface area contributed by atoms with E-state index in [1.165, 1.54) is 0 Å². The number of carboxylic acid groups (broad SMARTS) is 1. The van der Waals surface area contributed by atoms with Gasteiger partial charge < -0.3 is 5.11 Å². The second-order valence-corrected chi connectivity index (χ2v) is 5.26. The largest absolute Gasteiger partial charge is 0.478 e. The summed E-state index contributed by atoms with van der Waals surface area (Å²) in [5, 5.41) is 9.56. The van der Waals surface area contributed by atoms with Crippen molar-refractivity contribution in [3.8, 4) is 0 Å². The summed E-state index contributed by atoms with van der Waals surface area (Å²) in [6, 6.07) is 19.2. The molecule has 0 saturated heterocycles. The van der Waals surface area contributed by atoms with Gasteiger partial charge in [0, 0.05) is 11.0 Å². The number of carbonyl (C=O) groups is 1. The maximum absolute atomic E-state index is 11.7. The van der Waals surface area contributed by atoms with Crippen LogP contribution in [0.3, 0.4) is 0 Å². The van der Waals surface area contributed by atoms with Crippen LogP contribution >= 0.6 is 0 Å². The van der Waals surface area contributed by atoms with Crippen molar-refractivity contribution in [2.24, 2.45) is 0 Å². The first kappa shape index (κ1) is 14.1. The lowest BCUT2D eigenvalue weighted by atomic mass is 9.77. The molecule has 20 heavy (non-hydrogen) atoms. The number of hydrogen-bond donors (Lipinski definition) is 1. The van der Waals surface area contributed by atoms with Crippen LogP contribution in [0.5, 0.6) is 0 Å². The van der Waals surface area contributed by atoms with Crippen molar-refractivity contribution in [3.05, 3.63) is 77.4 Å². The van der Waals surface area contributed by atoms with Crippen LogP contribution < -0.4 is 0 Å². The number of rotatable bonds is 4. The monoisotopic (exact) mass is 266 g/mol. The molecule has 2 heteroatoms. The smallest absolute Gasteiger partial charge is 0.332 e. The van der Waals surface area contributed by atoms with E-state index < -0.39 is 11.4 Å². The zero-order valence-corrected chi connectivity index (χ0v) is 11.7. The summed E-state index contributed by atoms with van der Waals surface area (Å²) in [6.07, 6.45) is 1.75. The quantitative estimate of drug-likeness (QED) is 0.845. The highest BCUT2D eigenvalue weighted by molar-refractivity contribution is 5.95. The topological polar surface area (TPSA) is 37.3 Å². The Kier molecular flexibility index (Phi) is 4.04. The molecule has 2 aromatic rings. The van der Waals surface area contributed by atoms with E-state index in [1.54, 1.807) is 6.08 Å². The van der Waals surface area contributed by atoms with E-state index in [2.05, 4.69) is 0 Å². The van der Waals surface area contributed by atoms with Gasteiger partial charge in [-0.3, -0.25) is 0 Å². The lowest BCUT2D eigenvalue weighted by Crippen LogP contribution is -2.25. The van der Waals surface area contributed by atoms with Crippen molar-refractivity contribution in [1.29, 1.82) is 0 Å². The molecule has 2 rings (SSSR count). The van der Waals surface area contributed by atoms with Crippen LogP contribution in [0.1, 0.15) is 25.0 Å². The van der Waals surface area contributed by atoms with Gasteiger partial charge in [0.25, 0.3) is 0 Å². The zero-order chi connectivity index (χ0) is 14.6. The average molecular weight is 266 g/mol. The average Bonchev–Trinajstić information content (AvgIpc) is 2.46. The highest BCUT2D eigenvalue weighted by atomic mass is 16.4. The standard InChI is InChI=1S/C18H18O2/c1-18(2,15-11-7-4-8-12-15)16(17(19)20)13-14-9-5-3-6-10-14/h3-13H,1-2H3,(H,19,20). The van der Waals surface area contributed by atoms with Crippen LogP contribution in [0.15, 0.2) is 66.2 Å². The molecule has 0 aliphatic carbocycles. The van der Waals surface area contributed by atoms with Crippen LogP contribution in [-0.2, 0) is 10.2 Å². The molecule has 0 radical (unpaired) electrons. The van der Waals surface area contributed by atoms with Crippen LogP contribution in [0.4, 0.5) is 0 Å². The van der Waals surface area contributed by atoms with Gasteiger partial charge in [0.2, 0.25) is 0 Å². The maximum atomic E-state index is 11.7. The predicted octanol–water partition coefficient (Wildman–Crippen LogP) is 4.13. The van der Waals surface area contributed by atoms with E-state index in [1.807, 2.05) is 74.5 Å². The van der Waals surface area contributed by atoms with E-state index in [4.69, 9.17) is 0 Å². The third-order valence-corrected chi connectivity index (χ3v) is 3.51. The summed E-state index contributed by atoms with van der Waals surface area (Å²) in [7, 11) is 0. The van der Waals surface area contributed by atoms with Crippen LogP contribution in [0.25, 0.3) is 6.08 Å². The van der Waals surface area contributed by atoms with E-state index in [-0.39, 0.29) is 0 Å². The Morgan fingerprint density at radius 1 is 0.950 bits per heavy atom. The van der Waals surface area contributed by atoms with Gasteiger partial charge in [0.1, 0.15) is 0 Å². The minimum absolute atomic E-state index is 0.384. The molecule has 1 N–H and O–H groups in total. The summed E-state index contributed by atoms with van der Waals surface area (Å²) in [5.74, 6) is -0.886. The third-order valence-electron chi connectivity index (χ3n) is 3.51. The Morgan fingerprint density at radius 2 is 1.45 bits per heavy atom. The van der Waals surface area contributed by atoms with Crippen LogP contribution in [0, 0.1) is 0 Å². The summed E-state index contributed by atoms with van der Waals surface area (Å²) in [6.45, 7) is 3.87. The molecule has 0 spiro atoms. The summed E-state index contributed by atoms with van der Waals surface area (Å²) >= 11 is 0. The lowest BCUT2D eigenvalue weighted by Gasteiger charge is -2.26. The van der Waals surface area contributed by atoms with Crippen molar-refractivity contribution in [3.63, 3.8) is 0 Å². The minimum atomic E-state index is -0.886. The molecule has 0 heterocycles. The molecule has 0 fully saturated rings. The second kappa shape index (κ2) is 5.74. The Bertz CT molecular complexity index is 610. The number of benzene rings is 2. The van der Waals surface area contributed by atoms with Gasteiger partial charge in [-0.1, -0.05) is 74.5 Å². The summed E-state index contributed by atoms with van der Waals surface area (Å²) in [5.41, 5.74) is 1.72. The molecule has 0 bridgehead atoms. The Balaban J connectivity index is 2.49. The summed E-state index contributed by atoms with van der Waals surface area (Å²) < 4.78 is 0. The lowest BCUT2D eigenvalue weighted by molar-refractivity contribution is -0.133. The van der Waals surface area contributed by atoms with Gasteiger partial charge in [-0.25, -0.2) is 4.79 Å². The van der Waals surface area contributed by atoms with Crippen molar-refractivity contribution >= 4 is 12.0 Å². The van der Waals surface area contributed by atoms with Gasteiger partial charge in [0.05, 0.1) is 0 Å². The van der Waals surface area contributed by atoms with Crippen LogP contribution in [-0.4, -0.2) is 11.1 Å². The van der Waals surface area contributed by atoms with E-state index >= 15 is 0 Å². The molecular formula is C18H18O2. The number of aliphatic carboxylic acids is 1. The molecule has 2 aromatic carbocycles. The minimum Gasteiger partial charge on any atom is -0.478 e. The van der Waals surface area contributed by atoms with Crippen molar-refractivity contribution in [2.75, 3.05) is 0 Å². The fourth-order valence-corrected chi connectivity index (χ4v) is 2.24. The molecule has 0 unspecified atom stereocenters. The highest BCUT2D eigenvalue weighted by Gasteiger charge is 2.30. The first-order chi connectivity index (χ1) is 9.51. The van der Waals surface area contributed by atoms with Crippen molar-refractivity contribution < 1.29 is 9.90 Å². The molecule has 0 aliphatic rings. The van der Waals surface area contributed by atoms with Crippen LogP contribution in [0.2, 0.25) is 0 Å². The van der Waals surface area contributed by atoms with E-state index in [0.717, 1.165) is 11.1 Å². The fourth-order valence-electron chi connectivity index (χ4n) is 2.24. The molecular weight excluding hydrogens is 248 g/mol. The van der Waals surface area contributed by atoms with Crippen molar-refractivity contribution in [1.82, 2.24) is 0 Å². The first-order valence-corrected chi connectivity index (χ1v) is 6.58. The molecule has 2 nitrogen and oxygen atoms in total. The van der Waals surface area contributed by atoms with Gasteiger partial charge in [-0.05, 0) is 17.2 Å². The number of carboxylic acids is 1. The second-order valence-electron chi connectivity index (χ2n) is 5.26. The van der Waals surface area contributed by atoms with E-state index in [9.17, 15) is 9.90 Å². The SMILES string of the molecule is CC(C)(C(=Cc1ccccc1)C(=O)O)c1ccccc1. The fraction of sp³-hybridized carbons (Fsp3) is 0.167. The highest BCUT2D eigenvalue weighted by Crippen LogP contribution is 2.32. The summed E-state index contributed by atoms with van der Waals surface area (Å²) in [4.78, 5) is 11.7. The van der Waals surface area contributed by atoms with Gasteiger partial charge >= 0.3 is 5.97 Å². The number of hydrogen-bond acceptors (Lipinski definition) is 1. The molecule has 0 saturated carbocycles. The van der Waals surface area contributed by atoms with E-state index in [0.29, 0.717) is 5.57 Å². The first-order valence-electron chi connectivity index (χ1n) is 6.58. The molecule has 0 atom stereocenters. The third kappa shape index (κ3) is 2.97. The molecule has 102 valence electrons. The zero-order valence-electron chi connectivity index (χ0n) is 11.7. The predicted molar refractivity (Wildman–Crippen MR) is 81.5 cm³/mol. The van der Waals surface area contributed by atoms with Crippen molar-refractivity contribution in [2.45, 2.75) is 19.3 Å². The van der Waals surface area contributed by atoms with Gasteiger partial charge in [-0.2, -0.15) is 0 Å². The molecule has 0 aliphatic heterocycles. The van der Waals surface area contributed by atoms with Gasteiger partial charge in [0.15, 0.2) is 0 Å².